The van der Waals surface area contributed by atoms with E-state index in [2.05, 4.69) is 22.5 Å². The van der Waals surface area contributed by atoms with Gasteiger partial charge in [-0.2, -0.15) is 0 Å². The van der Waals surface area contributed by atoms with Crippen LogP contribution in [-0.2, 0) is 11.3 Å². The first-order valence-corrected chi connectivity index (χ1v) is 8.55. The van der Waals surface area contributed by atoms with E-state index in [-0.39, 0.29) is 24.0 Å². The van der Waals surface area contributed by atoms with Gasteiger partial charge in [0.1, 0.15) is 0 Å². The highest BCUT2D eigenvalue weighted by Crippen LogP contribution is 2.34. The molecule has 2 aliphatic rings. The molecule has 128 valence electrons. The van der Waals surface area contributed by atoms with Crippen LogP contribution in [0.3, 0.4) is 0 Å². The van der Waals surface area contributed by atoms with Gasteiger partial charge in [0.2, 0.25) is 0 Å². The summed E-state index contributed by atoms with van der Waals surface area (Å²) < 4.78 is 5.88. The quantitative estimate of drug-likeness (QED) is 0.398. The van der Waals surface area contributed by atoms with Gasteiger partial charge < -0.3 is 15.4 Å². The van der Waals surface area contributed by atoms with Crippen LogP contribution in [0, 0.1) is 0 Å². The molecule has 4 nitrogen and oxygen atoms in total. The molecule has 2 fully saturated rings. The van der Waals surface area contributed by atoms with Crippen molar-refractivity contribution in [3.05, 3.63) is 33.8 Å². The lowest BCUT2D eigenvalue weighted by Crippen LogP contribution is -2.47. The fourth-order valence-electron chi connectivity index (χ4n) is 3.10. The summed E-state index contributed by atoms with van der Waals surface area (Å²) in [5, 5.41) is 8.07. The Hall–Kier alpha value is -0.240. The highest BCUT2D eigenvalue weighted by atomic mass is 127. The molecule has 2 N–H and O–H groups in total. The Morgan fingerprint density at radius 2 is 2.17 bits per heavy atom. The van der Waals surface area contributed by atoms with E-state index < -0.39 is 0 Å². The Morgan fingerprint density at radius 1 is 1.35 bits per heavy atom. The van der Waals surface area contributed by atoms with Crippen LogP contribution in [0.1, 0.15) is 31.7 Å². The number of rotatable bonds is 4. The minimum atomic E-state index is 0. The minimum absolute atomic E-state index is 0. The number of halogens is 3. The number of ether oxygens (including phenoxy) is 1. The average molecular weight is 470 g/mol. The van der Waals surface area contributed by atoms with Crippen molar-refractivity contribution in [3.8, 4) is 0 Å². The first kappa shape index (κ1) is 19.1. The molecule has 3 unspecified atom stereocenters. The molecule has 3 atom stereocenters. The molecule has 0 saturated carbocycles. The van der Waals surface area contributed by atoms with Gasteiger partial charge in [-0.15, -0.1) is 24.0 Å². The van der Waals surface area contributed by atoms with Gasteiger partial charge in [-0.05, 0) is 43.9 Å². The van der Waals surface area contributed by atoms with Crippen molar-refractivity contribution < 1.29 is 4.74 Å². The Morgan fingerprint density at radius 3 is 2.78 bits per heavy atom. The number of hydrogen-bond donors (Lipinski definition) is 2. The molecule has 2 aliphatic heterocycles. The maximum atomic E-state index is 6.20. The van der Waals surface area contributed by atoms with E-state index in [1.165, 1.54) is 6.42 Å². The molecule has 0 spiro atoms. The van der Waals surface area contributed by atoms with Gasteiger partial charge in [0.15, 0.2) is 5.96 Å². The summed E-state index contributed by atoms with van der Waals surface area (Å²) in [6.07, 6.45) is 4.15. The highest BCUT2D eigenvalue weighted by Gasteiger charge is 2.41. The molecule has 2 saturated heterocycles. The van der Waals surface area contributed by atoms with E-state index in [1.807, 2.05) is 12.1 Å². The van der Waals surface area contributed by atoms with Gasteiger partial charge in [-0.3, -0.25) is 0 Å². The molecule has 1 aromatic carbocycles. The monoisotopic (exact) mass is 469 g/mol. The summed E-state index contributed by atoms with van der Waals surface area (Å²) in [7, 11) is 0. The molecule has 0 amide bonds. The zero-order chi connectivity index (χ0) is 15.5. The van der Waals surface area contributed by atoms with E-state index in [9.17, 15) is 0 Å². The van der Waals surface area contributed by atoms with Crippen LogP contribution >= 0.6 is 47.2 Å². The zero-order valence-electron chi connectivity index (χ0n) is 13.0. The Kier molecular flexibility index (Phi) is 7.25. The predicted molar refractivity (Wildman–Crippen MR) is 106 cm³/mol. The third-order valence-electron chi connectivity index (χ3n) is 4.19. The van der Waals surface area contributed by atoms with E-state index in [1.54, 1.807) is 6.07 Å². The number of nitrogens with zero attached hydrogens (tertiary/aromatic N) is 1. The summed E-state index contributed by atoms with van der Waals surface area (Å²) in [6, 6.07) is 5.86. The Bertz CT molecular complexity index is 570. The van der Waals surface area contributed by atoms with E-state index in [0.717, 1.165) is 30.9 Å². The second-order valence-corrected chi connectivity index (χ2v) is 6.63. The third kappa shape index (κ3) is 4.87. The molecule has 3 rings (SSSR count). The maximum Gasteiger partial charge on any atom is 0.191 e. The Labute approximate surface area is 164 Å². The molecule has 0 aliphatic carbocycles. The number of hydrogen-bond acceptors (Lipinski definition) is 2. The topological polar surface area (TPSA) is 45.7 Å². The molecule has 2 bridgehead atoms. The lowest BCUT2D eigenvalue weighted by atomic mass is 9.96. The molecule has 23 heavy (non-hydrogen) atoms. The first-order valence-electron chi connectivity index (χ1n) is 7.80. The van der Waals surface area contributed by atoms with Crippen LogP contribution in [0.15, 0.2) is 23.2 Å². The summed E-state index contributed by atoms with van der Waals surface area (Å²) in [5.74, 6) is 0.815. The summed E-state index contributed by atoms with van der Waals surface area (Å²) >= 11 is 12.1. The fraction of sp³-hybridized carbons (Fsp3) is 0.562. The molecular formula is C16H22Cl2IN3O. The van der Waals surface area contributed by atoms with Crippen molar-refractivity contribution in [3.63, 3.8) is 0 Å². The lowest BCUT2D eigenvalue weighted by Gasteiger charge is -2.22. The number of aliphatic imine (C=N–C) groups is 1. The van der Waals surface area contributed by atoms with Crippen LogP contribution in [-0.4, -0.2) is 30.8 Å². The van der Waals surface area contributed by atoms with E-state index in [4.69, 9.17) is 27.9 Å². The van der Waals surface area contributed by atoms with Gasteiger partial charge in [0.05, 0.1) is 24.8 Å². The summed E-state index contributed by atoms with van der Waals surface area (Å²) in [6.45, 7) is 3.40. The Balaban J connectivity index is 0.00000192. The van der Waals surface area contributed by atoms with Gasteiger partial charge in [-0.1, -0.05) is 29.3 Å². The van der Waals surface area contributed by atoms with Crippen LogP contribution in [0.4, 0.5) is 0 Å². The fourth-order valence-corrected chi connectivity index (χ4v) is 3.57. The number of guanidine groups is 1. The van der Waals surface area contributed by atoms with Crippen molar-refractivity contribution in [1.29, 1.82) is 0 Å². The van der Waals surface area contributed by atoms with Crippen LogP contribution in [0.5, 0.6) is 0 Å². The number of benzene rings is 1. The highest BCUT2D eigenvalue weighted by molar-refractivity contribution is 14.0. The molecule has 2 heterocycles. The molecule has 1 aromatic rings. The summed E-state index contributed by atoms with van der Waals surface area (Å²) in [5.41, 5.74) is 0.965. The van der Waals surface area contributed by atoms with Gasteiger partial charge in [0.25, 0.3) is 0 Å². The molecule has 0 aromatic heterocycles. The predicted octanol–water partition coefficient (Wildman–Crippen LogP) is 3.99. The normalized spacial score (nSPS) is 26.0. The number of fused-ring (bicyclic) bond motifs is 2. The molecule has 7 heteroatoms. The third-order valence-corrected chi connectivity index (χ3v) is 4.78. The van der Waals surface area contributed by atoms with Crippen molar-refractivity contribution >= 4 is 53.1 Å². The lowest BCUT2D eigenvalue weighted by molar-refractivity contribution is 0.0992. The standard InChI is InChI=1S/C16H21Cl2N3O.HI/c1-2-19-16(21-14-8-12-5-6-15(14)22-12)20-9-10-3-4-11(17)7-13(10)18;/h3-4,7,12,14-15H,2,5-6,8-9H2,1H3,(H2,19,20,21);1H. The van der Waals surface area contributed by atoms with Crippen molar-refractivity contribution in [2.45, 2.75) is 51.0 Å². The molecular weight excluding hydrogens is 448 g/mol. The van der Waals surface area contributed by atoms with E-state index in [0.29, 0.717) is 34.8 Å². The largest absolute Gasteiger partial charge is 0.373 e. The summed E-state index contributed by atoms with van der Waals surface area (Å²) in [4.78, 5) is 4.63. The van der Waals surface area contributed by atoms with Gasteiger partial charge in [-0.25, -0.2) is 4.99 Å². The molecule has 0 radical (unpaired) electrons. The minimum Gasteiger partial charge on any atom is -0.373 e. The van der Waals surface area contributed by atoms with Crippen molar-refractivity contribution in [1.82, 2.24) is 10.6 Å². The zero-order valence-corrected chi connectivity index (χ0v) is 16.9. The number of nitrogens with one attached hydrogen (secondary N) is 2. The van der Waals surface area contributed by atoms with Crippen LogP contribution < -0.4 is 10.6 Å². The SMILES string of the molecule is CCNC(=NCc1ccc(Cl)cc1Cl)NC1CC2CCC1O2.I. The first-order chi connectivity index (χ1) is 10.7. The maximum absolute atomic E-state index is 6.20. The van der Waals surface area contributed by atoms with Crippen LogP contribution in [0.2, 0.25) is 10.0 Å². The second-order valence-electron chi connectivity index (χ2n) is 5.79. The van der Waals surface area contributed by atoms with Gasteiger partial charge in [0, 0.05) is 16.6 Å². The average Bonchev–Trinajstić information content (AvgIpc) is 3.09. The van der Waals surface area contributed by atoms with Gasteiger partial charge >= 0.3 is 0 Å². The van der Waals surface area contributed by atoms with Crippen LogP contribution in [0.25, 0.3) is 0 Å². The van der Waals surface area contributed by atoms with E-state index >= 15 is 0 Å². The van der Waals surface area contributed by atoms with Crippen molar-refractivity contribution in [2.24, 2.45) is 4.99 Å². The smallest absolute Gasteiger partial charge is 0.191 e. The second kappa shape index (κ2) is 8.74. The van der Waals surface area contributed by atoms with Crippen molar-refractivity contribution in [2.75, 3.05) is 6.54 Å².